The van der Waals surface area contributed by atoms with Gasteiger partial charge in [-0.25, -0.2) is 0 Å². The van der Waals surface area contributed by atoms with Crippen LogP contribution >= 0.6 is 0 Å². The summed E-state index contributed by atoms with van der Waals surface area (Å²) in [6.45, 7) is 0. The molecule has 2 saturated carbocycles. The van der Waals surface area contributed by atoms with E-state index in [9.17, 15) is 19.7 Å². The van der Waals surface area contributed by atoms with Gasteiger partial charge in [0, 0.05) is 11.6 Å². The minimum Gasteiger partial charge on any atom is -0.490 e. The summed E-state index contributed by atoms with van der Waals surface area (Å²) < 4.78 is 4.97. The van der Waals surface area contributed by atoms with Crippen LogP contribution in [0.3, 0.4) is 0 Å². The second kappa shape index (κ2) is 5.48. The largest absolute Gasteiger partial charge is 0.490 e. The average molecular weight is 367 g/mol. The van der Waals surface area contributed by atoms with E-state index in [1.54, 1.807) is 6.07 Å². The molecule has 138 valence electrons. The Bertz CT molecular complexity index is 903. The van der Waals surface area contributed by atoms with Crippen molar-refractivity contribution < 1.29 is 19.2 Å². The highest BCUT2D eigenvalue weighted by atomic mass is 16.6. The molecule has 0 aromatic heterocycles. The zero-order valence-electron chi connectivity index (χ0n) is 14.5. The molecule has 2 amide bonds. The molecular weight excluding hydrogens is 350 g/mol. The first-order valence-electron chi connectivity index (χ1n) is 8.94. The molecule has 1 aliphatic heterocycles. The van der Waals surface area contributed by atoms with E-state index in [1.807, 2.05) is 0 Å². The summed E-state index contributed by atoms with van der Waals surface area (Å²) in [4.78, 5) is 36.2. The van der Waals surface area contributed by atoms with E-state index < -0.39 is 4.92 Å². The van der Waals surface area contributed by atoms with Crippen molar-refractivity contribution in [3.63, 3.8) is 0 Å². The van der Waals surface area contributed by atoms with E-state index in [2.05, 4.69) is 17.3 Å². The molecule has 5 aliphatic rings. The maximum Gasteiger partial charge on any atom is 0.311 e. The number of carbonyl (C=O) groups excluding carboxylic acids is 2. The number of benzene rings is 1. The quantitative estimate of drug-likeness (QED) is 0.266. The first-order valence-corrected chi connectivity index (χ1v) is 8.94. The van der Waals surface area contributed by atoms with Crippen LogP contribution in [0.5, 0.6) is 5.75 Å². The van der Waals surface area contributed by atoms with Crippen LogP contribution in [0.15, 0.2) is 35.5 Å². The second-order valence-corrected chi connectivity index (χ2v) is 7.58. The van der Waals surface area contributed by atoms with Crippen molar-refractivity contribution in [2.75, 3.05) is 7.11 Å². The zero-order chi connectivity index (χ0) is 18.9. The molecule has 6 rings (SSSR count). The van der Waals surface area contributed by atoms with Gasteiger partial charge in [-0.1, -0.05) is 12.2 Å². The molecule has 2 bridgehead atoms. The molecule has 0 N–H and O–H groups in total. The van der Waals surface area contributed by atoms with Crippen LogP contribution in [0, 0.1) is 45.6 Å². The molecule has 6 atom stereocenters. The smallest absolute Gasteiger partial charge is 0.311 e. The number of ether oxygens (including phenoxy) is 1. The number of rotatable bonds is 4. The third-order valence-corrected chi connectivity index (χ3v) is 6.36. The topological polar surface area (TPSA) is 102 Å². The van der Waals surface area contributed by atoms with Crippen molar-refractivity contribution in [2.24, 2.45) is 40.6 Å². The number of hydrogen-bond donors (Lipinski definition) is 0. The number of amides is 2. The number of methoxy groups -OCH3 is 1. The van der Waals surface area contributed by atoms with Crippen molar-refractivity contribution in [3.8, 4) is 5.75 Å². The van der Waals surface area contributed by atoms with Crippen LogP contribution in [-0.4, -0.2) is 35.1 Å². The monoisotopic (exact) mass is 367 g/mol. The summed E-state index contributed by atoms with van der Waals surface area (Å²) in [6, 6.07) is 4.36. The summed E-state index contributed by atoms with van der Waals surface area (Å²) in [6.07, 6.45) is 6.63. The lowest BCUT2D eigenvalue weighted by Gasteiger charge is -2.37. The van der Waals surface area contributed by atoms with Gasteiger partial charge in [-0.3, -0.25) is 19.7 Å². The summed E-state index contributed by atoms with van der Waals surface area (Å²) in [5.41, 5.74) is 0.221. The molecule has 4 aliphatic carbocycles. The SMILES string of the molecule is COc1ccc(/C=N\N2C(=O)[C@@H]3[C@@H]4C=C[C@H]([C@@H]5C[C@H]45)[C@@H]3C2=O)cc1[N+](=O)[O-]. The van der Waals surface area contributed by atoms with Crippen LogP contribution in [0.4, 0.5) is 5.69 Å². The Morgan fingerprint density at radius 1 is 1.19 bits per heavy atom. The van der Waals surface area contributed by atoms with Gasteiger partial charge in [0.1, 0.15) is 0 Å². The average Bonchev–Trinajstić information content (AvgIpc) is 3.45. The fourth-order valence-electron chi connectivity index (χ4n) is 5.11. The molecule has 27 heavy (non-hydrogen) atoms. The minimum absolute atomic E-state index is 0.137. The van der Waals surface area contributed by atoms with E-state index in [4.69, 9.17) is 4.74 Å². The van der Waals surface area contributed by atoms with E-state index in [0.29, 0.717) is 17.4 Å². The first-order chi connectivity index (χ1) is 13.0. The Hall–Kier alpha value is -3.03. The minimum atomic E-state index is -0.549. The molecule has 8 nitrogen and oxygen atoms in total. The van der Waals surface area contributed by atoms with Crippen molar-refractivity contribution in [3.05, 3.63) is 46.0 Å². The number of nitrogens with zero attached hydrogens (tertiary/aromatic N) is 3. The van der Waals surface area contributed by atoms with Gasteiger partial charge in [-0.05, 0) is 42.2 Å². The third kappa shape index (κ3) is 2.19. The molecule has 0 unspecified atom stereocenters. The Morgan fingerprint density at radius 2 is 1.81 bits per heavy atom. The molecular formula is C19H17N3O5. The highest BCUT2D eigenvalue weighted by Gasteiger charge is 2.67. The van der Waals surface area contributed by atoms with Crippen molar-refractivity contribution >= 4 is 23.7 Å². The number of hydrogen-bond acceptors (Lipinski definition) is 6. The predicted molar refractivity (Wildman–Crippen MR) is 93.8 cm³/mol. The molecule has 1 saturated heterocycles. The van der Waals surface area contributed by atoms with Crippen LogP contribution in [0.1, 0.15) is 12.0 Å². The molecule has 0 radical (unpaired) electrons. The normalized spacial score (nSPS) is 35.5. The molecule has 1 heterocycles. The summed E-state index contributed by atoms with van der Waals surface area (Å²) >= 11 is 0. The van der Waals surface area contributed by atoms with E-state index in [-0.39, 0.29) is 46.9 Å². The fourth-order valence-corrected chi connectivity index (χ4v) is 5.11. The van der Waals surface area contributed by atoms with Gasteiger partial charge in [-0.15, -0.1) is 0 Å². The van der Waals surface area contributed by atoms with Gasteiger partial charge >= 0.3 is 5.69 Å². The van der Waals surface area contributed by atoms with E-state index in [1.165, 1.54) is 25.5 Å². The predicted octanol–water partition coefficient (Wildman–Crippen LogP) is 1.99. The van der Waals surface area contributed by atoms with E-state index in [0.717, 1.165) is 11.4 Å². The molecule has 8 heteroatoms. The number of nitro benzene ring substituents is 1. The van der Waals surface area contributed by atoms with Crippen molar-refractivity contribution in [1.29, 1.82) is 0 Å². The fraction of sp³-hybridized carbons (Fsp3) is 0.421. The van der Waals surface area contributed by atoms with Gasteiger partial charge in [0.05, 0.1) is 30.1 Å². The Labute approximate surface area is 154 Å². The zero-order valence-corrected chi connectivity index (χ0v) is 14.5. The van der Waals surface area contributed by atoms with Crippen LogP contribution < -0.4 is 4.74 Å². The number of nitro groups is 1. The second-order valence-electron chi connectivity index (χ2n) is 7.58. The Morgan fingerprint density at radius 3 is 2.37 bits per heavy atom. The molecule has 0 spiro atoms. The molecule has 1 aromatic carbocycles. The van der Waals surface area contributed by atoms with Crippen LogP contribution in [-0.2, 0) is 9.59 Å². The molecule has 3 fully saturated rings. The standard InChI is InChI=1S/C19H17N3O5/c1-27-15-5-2-9(6-14(15)22(25)26)8-20-21-18(23)16-10-3-4-11(13-7-12(10)13)17(16)19(21)24/h2-6,8,10-13,16-17H,7H2,1H3/b20-8-/t10-,11-,12-,13+,16-,17+/m1/s1. The highest BCUT2D eigenvalue weighted by Crippen LogP contribution is 2.65. The summed E-state index contributed by atoms with van der Waals surface area (Å²) in [5.74, 6) is 0.364. The van der Waals surface area contributed by atoms with Gasteiger partial charge in [-0.2, -0.15) is 10.1 Å². The Kier molecular flexibility index (Phi) is 3.28. The summed E-state index contributed by atoms with van der Waals surface area (Å²) in [5, 5.41) is 16.2. The lowest BCUT2D eigenvalue weighted by atomic mass is 9.63. The maximum atomic E-state index is 12.8. The lowest BCUT2D eigenvalue weighted by Crippen LogP contribution is -2.40. The van der Waals surface area contributed by atoms with Gasteiger partial charge in [0.15, 0.2) is 5.75 Å². The highest BCUT2D eigenvalue weighted by molar-refractivity contribution is 6.06. The van der Waals surface area contributed by atoms with Gasteiger partial charge in [0.2, 0.25) is 0 Å². The maximum absolute atomic E-state index is 12.8. The van der Waals surface area contributed by atoms with Crippen LogP contribution in [0.2, 0.25) is 0 Å². The summed E-state index contributed by atoms with van der Waals surface area (Å²) in [7, 11) is 1.35. The lowest BCUT2D eigenvalue weighted by molar-refractivity contribution is -0.385. The number of hydrazone groups is 1. The number of allylic oxidation sites excluding steroid dienone is 2. The molecule has 1 aromatic rings. The van der Waals surface area contributed by atoms with Crippen LogP contribution in [0.25, 0.3) is 0 Å². The number of imide groups is 1. The first kappa shape index (κ1) is 16.2. The van der Waals surface area contributed by atoms with Crippen molar-refractivity contribution in [2.45, 2.75) is 6.42 Å². The van der Waals surface area contributed by atoms with Crippen molar-refractivity contribution in [1.82, 2.24) is 5.01 Å². The van der Waals surface area contributed by atoms with E-state index >= 15 is 0 Å². The van der Waals surface area contributed by atoms with Gasteiger partial charge in [0.25, 0.3) is 11.8 Å². The Balaban J connectivity index is 1.42. The third-order valence-electron chi connectivity index (χ3n) is 6.36. The van der Waals surface area contributed by atoms with Gasteiger partial charge < -0.3 is 4.74 Å². The number of carbonyl (C=O) groups is 2.